The zero-order chi connectivity index (χ0) is 13.0. The van der Waals surface area contributed by atoms with Gasteiger partial charge in [0.1, 0.15) is 0 Å². The summed E-state index contributed by atoms with van der Waals surface area (Å²) in [6, 6.07) is 6.43. The highest BCUT2D eigenvalue weighted by molar-refractivity contribution is 7.14. The van der Waals surface area contributed by atoms with Gasteiger partial charge >= 0.3 is 0 Å². The zero-order valence-electron chi connectivity index (χ0n) is 9.92. The molecule has 1 heterocycles. The van der Waals surface area contributed by atoms with Crippen LogP contribution in [-0.4, -0.2) is 16.5 Å². The number of nitro groups is 1. The van der Waals surface area contributed by atoms with E-state index in [2.05, 4.69) is 17.2 Å². The second-order valence-electron chi connectivity index (χ2n) is 3.77. The number of hydrogen-bond donors (Lipinski definition) is 1. The first kappa shape index (κ1) is 12.5. The Hall–Kier alpha value is -1.95. The number of nitro benzene ring substituents is 1. The van der Waals surface area contributed by atoms with Crippen molar-refractivity contribution in [1.82, 2.24) is 4.98 Å². The number of nitrogens with zero attached hydrogens (tertiary/aromatic N) is 2. The van der Waals surface area contributed by atoms with Gasteiger partial charge in [-0.25, -0.2) is 4.98 Å². The first-order valence-corrected chi connectivity index (χ1v) is 6.53. The van der Waals surface area contributed by atoms with Crippen LogP contribution in [0.15, 0.2) is 29.6 Å². The van der Waals surface area contributed by atoms with Crippen LogP contribution in [0, 0.1) is 10.1 Å². The molecule has 0 aliphatic rings. The summed E-state index contributed by atoms with van der Waals surface area (Å²) in [5, 5.41) is 16.6. The van der Waals surface area contributed by atoms with Crippen molar-refractivity contribution in [1.29, 1.82) is 0 Å². The molecule has 1 N–H and O–H groups in total. The molecule has 1 aromatic carbocycles. The minimum absolute atomic E-state index is 0.0957. The van der Waals surface area contributed by atoms with E-state index in [1.165, 1.54) is 23.5 Å². The van der Waals surface area contributed by atoms with Gasteiger partial charge < -0.3 is 5.32 Å². The SMILES string of the molecule is CCCNc1nc(-c2ccc([N+](=O)[O-])cc2)cs1. The first-order valence-electron chi connectivity index (χ1n) is 5.65. The van der Waals surface area contributed by atoms with Crippen molar-refractivity contribution in [3.63, 3.8) is 0 Å². The molecule has 0 unspecified atom stereocenters. The third-order valence-electron chi connectivity index (χ3n) is 2.40. The standard InChI is InChI=1S/C12H13N3O2S/c1-2-7-13-12-14-11(8-18-12)9-3-5-10(6-4-9)15(16)17/h3-6,8H,2,7H2,1H3,(H,13,14). The molecule has 0 atom stereocenters. The molecular weight excluding hydrogens is 250 g/mol. The lowest BCUT2D eigenvalue weighted by Crippen LogP contribution is -1.98. The summed E-state index contributed by atoms with van der Waals surface area (Å²) in [5.74, 6) is 0. The van der Waals surface area contributed by atoms with Gasteiger partial charge in [0.05, 0.1) is 10.6 Å². The summed E-state index contributed by atoms with van der Waals surface area (Å²) in [7, 11) is 0. The lowest BCUT2D eigenvalue weighted by Gasteiger charge is -1.98. The molecule has 0 radical (unpaired) electrons. The Bertz CT molecular complexity index is 537. The van der Waals surface area contributed by atoms with Crippen LogP contribution in [0.3, 0.4) is 0 Å². The molecule has 0 aliphatic heterocycles. The van der Waals surface area contributed by atoms with Gasteiger partial charge in [0.25, 0.3) is 5.69 Å². The third-order valence-corrected chi connectivity index (χ3v) is 3.20. The van der Waals surface area contributed by atoms with Crippen LogP contribution >= 0.6 is 11.3 Å². The molecule has 0 amide bonds. The summed E-state index contributed by atoms with van der Waals surface area (Å²) in [5.41, 5.74) is 1.83. The van der Waals surface area contributed by atoms with Crippen LogP contribution in [0.1, 0.15) is 13.3 Å². The molecule has 0 saturated carbocycles. The number of benzene rings is 1. The van der Waals surface area contributed by atoms with Crippen LogP contribution in [-0.2, 0) is 0 Å². The van der Waals surface area contributed by atoms with Crippen molar-refractivity contribution in [2.75, 3.05) is 11.9 Å². The van der Waals surface area contributed by atoms with Crippen molar-refractivity contribution in [3.05, 3.63) is 39.8 Å². The smallest absolute Gasteiger partial charge is 0.269 e. The van der Waals surface area contributed by atoms with Crippen molar-refractivity contribution in [2.24, 2.45) is 0 Å². The van der Waals surface area contributed by atoms with E-state index in [-0.39, 0.29) is 5.69 Å². The van der Waals surface area contributed by atoms with E-state index in [4.69, 9.17) is 0 Å². The third kappa shape index (κ3) is 2.84. The van der Waals surface area contributed by atoms with E-state index >= 15 is 0 Å². The first-order chi connectivity index (χ1) is 8.70. The molecule has 18 heavy (non-hydrogen) atoms. The van der Waals surface area contributed by atoms with E-state index in [9.17, 15) is 10.1 Å². The van der Waals surface area contributed by atoms with E-state index in [1.807, 2.05) is 5.38 Å². The summed E-state index contributed by atoms with van der Waals surface area (Å²) >= 11 is 1.54. The van der Waals surface area contributed by atoms with Crippen molar-refractivity contribution < 1.29 is 4.92 Å². The second kappa shape index (κ2) is 5.59. The second-order valence-corrected chi connectivity index (χ2v) is 4.63. The van der Waals surface area contributed by atoms with Crippen LogP contribution in [0.4, 0.5) is 10.8 Å². The number of nitrogens with one attached hydrogen (secondary N) is 1. The molecule has 0 spiro atoms. The van der Waals surface area contributed by atoms with Gasteiger partial charge in [-0.2, -0.15) is 0 Å². The minimum Gasteiger partial charge on any atom is -0.362 e. The van der Waals surface area contributed by atoms with E-state index < -0.39 is 4.92 Å². The summed E-state index contributed by atoms with van der Waals surface area (Å²) in [4.78, 5) is 14.6. The Morgan fingerprint density at radius 1 is 1.39 bits per heavy atom. The number of anilines is 1. The predicted octanol–water partition coefficient (Wildman–Crippen LogP) is 3.54. The topological polar surface area (TPSA) is 68.1 Å². The predicted molar refractivity (Wildman–Crippen MR) is 73.0 cm³/mol. The molecule has 1 aromatic heterocycles. The van der Waals surface area contributed by atoms with E-state index in [1.54, 1.807) is 12.1 Å². The molecule has 0 fully saturated rings. The van der Waals surface area contributed by atoms with Gasteiger partial charge in [0, 0.05) is 29.6 Å². The molecule has 0 aliphatic carbocycles. The van der Waals surface area contributed by atoms with Crippen LogP contribution in [0.5, 0.6) is 0 Å². The molecular formula is C12H13N3O2S. The van der Waals surface area contributed by atoms with Gasteiger partial charge in [-0.05, 0) is 18.6 Å². The lowest BCUT2D eigenvalue weighted by atomic mass is 10.1. The number of aromatic nitrogens is 1. The molecule has 0 bridgehead atoms. The fourth-order valence-electron chi connectivity index (χ4n) is 1.47. The summed E-state index contributed by atoms with van der Waals surface area (Å²) in [6.45, 7) is 2.99. The fourth-order valence-corrected chi connectivity index (χ4v) is 2.22. The van der Waals surface area contributed by atoms with Crippen molar-refractivity contribution >= 4 is 22.2 Å². The van der Waals surface area contributed by atoms with Gasteiger partial charge in [0.2, 0.25) is 0 Å². The summed E-state index contributed by atoms with van der Waals surface area (Å²) < 4.78 is 0. The molecule has 6 heteroatoms. The maximum absolute atomic E-state index is 10.6. The van der Waals surface area contributed by atoms with E-state index in [0.29, 0.717) is 0 Å². The van der Waals surface area contributed by atoms with Gasteiger partial charge in [-0.1, -0.05) is 6.92 Å². The van der Waals surface area contributed by atoms with E-state index in [0.717, 1.165) is 29.4 Å². The Kier molecular flexibility index (Phi) is 3.88. The highest BCUT2D eigenvalue weighted by Gasteiger charge is 2.07. The number of non-ortho nitro benzene ring substituents is 1. The fraction of sp³-hybridized carbons (Fsp3) is 0.250. The maximum atomic E-state index is 10.6. The molecule has 5 nitrogen and oxygen atoms in total. The van der Waals surface area contributed by atoms with Crippen molar-refractivity contribution in [3.8, 4) is 11.3 Å². The zero-order valence-corrected chi connectivity index (χ0v) is 10.7. The monoisotopic (exact) mass is 263 g/mol. The Morgan fingerprint density at radius 2 is 2.11 bits per heavy atom. The average molecular weight is 263 g/mol. The average Bonchev–Trinajstić information content (AvgIpc) is 2.85. The van der Waals surface area contributed by atoms with Gasteiger partial charge in [0.15, 0.2) is 5.13 Å². The lowest BCUT2D eigenvalue weighted by molar-refractivity contribution is -0.384. The highest BCUT2D eigenvalue weighted by atomic mass is 32.1. The van der Waals surface area contributed by atoms with Crippen LogP contribution in [0.25, 0.3) is 11.3 Å². The highest BCUT2D eigenvalue weighted by Crippen LogP contribution is 2.26. The Labute approximate surface area is 109 Å². The normalized spacial score (nSPS) is 10.3. The molecule has 0 saturated heterocycles. The maximum Gasteiger partial charge on any atom is 0.269 e. The number of thiazole rings is 1. The Balaban J connectivity index is 2.15. The Morgan fingerprint density at radius 3 is 2.72 bits per heavy atom. The van der Waals surface area contributed by atoms with Crippen LogP contribution in [0.2, 0.25) is 0 Å². The number of hydrogen-bond acceptors (Lipinski definition) is 5. The molecule has 2 rings (SSSR count). The molecule has 94 valence electrons. The summed E-state index contributed by atoms with van der Waals surface area (Å²) in [6.07, 6.45) is 1.05. The molecule has 2 aromatic rings. The quantitative estimate of drug-likeness (QED) is 0.661. The van der Waals surface area contributed by atoms with Crippen LogP contribution < -0.4 is 5.32 Å². The minimum atomic E-state index is -0.404. The largest absolute Gasteiger partial charge is 0.362 e. The van der Waals surface area contributed by atoms with Crippen molar-refractivity contribution in [2.45, 2.75) is 13.3 Å². The van der Waals surface area contributed by atoms with Gasteiger partial charge in [-0.3, -0.25) is 10.1 Å². The number of rotatable bonds is 5. The van der Waals surface area contributed by atoms with Gasteiger partial charge in [-0.15, -0.1) is 11.3 Å².